The van der Waals surface area contributed by atoms with Gasteiger partial charge < -0.3 is 4.98 Å². The van der Waals surface area contributed by atoms with E-state index >= 15 is 0 Å². The van der Waals surface area contributed by atoms with E-state index in [0.29, 0.717) is 0 Å². The maximum absolute atomic E-state index is 11.2. The van der Waals surface area contributed by atoms with E-state index in [1.807, 2.05) is 18.2 Å². The number of nitrogens with one attached hydrogen (secondary N) is 1. The second-order valence-electron chi connectivity index (χ2n) is 3.60. The lowest BCUT2D eigenvalue weighted by Crippen LogP contribution is -2.01. The summed E-state index contributed by atoms with van der Waals surface area (Å²) in [5, 5.41) is 2.02. The number of fused-ring (bicyclic) bond motifs is 1. The minimum Gasteiger partial charge on any atom is -0.328 e. The van der Waals surface area contributed by atoms with Crippen LogP contribution in [0.25, 0.3) is 16.8 Å². The second kappa shape index (κ2) is 5.03. The highest BCUT2D eigenvalue weighted by Gasteiger charge is 1.94. The molecule has 16 heavy (non-hydrogen) atoms. The number of H-pyrrole nitrogens is 1. The maximum Gasteiger partial charge on any atom is 0.248 e. The molecule has 0 radical (unpaired) electrons. The fraction of sp³-hybridized carbons (Fsp3) is 0.154. The minimum atomic E-state index is -0.0658. The van der Waals surface area contributed by atoms with E-state index in [1.54, 1.807) is 12.3 Å². The van der Waals surface area contributed by atoms with Gasteiger partial charge >= 0.3 is 0 Å². The van der Waals surface area contributed by atoms with E-state index < -0.39 is 0 Å². The number of hydrogen-bond acceptors (Lipinski definition) is 2. The van der Waals surface area contributed by atoms with Gasteiger partial charge in [0.1, 0.15) is 0 Å². The molecule has 0 spiro atoms. The number of hydrogen-bond donors (Lipinski definition) is 2. The number of aromatic amines is 1. The highest BCUT2D eigenvalue weighted by atomic mass is 32.1. The Bertz CT molecular complexity index is 571. The van der Waals surface area contributed by atoms with Crippen molar-refractivity contribution in [1.29, 1.82) is 0 Å². The number of pyridine rings is 1. The zero-order valence-electron chi connectivity index (χ0n) is 8.81. The molecule has 0 atom stereocenters. The van der Waals surface area contributed by atoms with Crippen molar-refractivity contribution in [2.24, 2.45) is 0 Å². The van der Waals surface area contributed by atoms with Gasteiger partial charge in [0.25, 0.3) is 0 Å². The van der Waals surface area contributed by atoms with Crippen LogP contribution in [0.4, 0.5) is 0 Å². The average Bonchev–Trinajstić information content (AvgIpc) is 2.29. The fourth-order valence-electron chi connectivity index (χ4n) is 1.58. The van der Waals surface area contributed by atoms with E-state index in [2.05, 4.69) is 29.8 Å². The Labute approximate surface area is 99.4 Å². The predicted molar refractivity (Wildman–Crippen MR) is 72.1 cm³/mol. The molecule has 0 aliphatic carbocycles. The molecular formula is C13H13NOS. The summed E-state index contributed by atoms with van der Waals surface area (Å²) < 4.78 is 0. The Hall–Kier alpha value is -1.48. The summed E-state index contributed by atoms with van der Waals surface area (Å²) in [4.78, 5) is 13.8. The van der Waals surface area contributed by atoms with Gasteiger partial charge in [-0.3, -0.25) is 4.79 Å². The molecule has 1 aromatic carbocycles. The van der Waals surface area contributed by atoms with Crippen molar-refractivity contribution in [3.05, 3.63) is 52.5 Å². The van der Waals surface area contributed by atoms with Crippen molar-refractivity contribution >= 4 is 29.5 Å². The van der Waals surface area contributed by atoms with E-state index in [-0.39, 0.29) is 5.56 Å². The summed E-state index contributed by atoms with van der Waals surface area (Å²) in [6, 6.07) is 7.67. The van der Waals surface area contributed by atoms with E-state index in [9.17, 15) is 4.79 Å². The Kier molecular flexibility index (Phi) is 3.47. The first-order valence-electron chi connectivity index (χ1n) is 5.19. The number of rotatable bonds is 3. The summed E-state index contributed by atoms with van der Waals surface area (Å²) in [5.41, 5.74) is 1.05. The van der Waals surface area contributed by atoms with Crippen molar-refractivity contribution in [2.75, 3.05) is 5.75 Å². The Morgan fingerprint density at radius 1 is 1.25 bits per heavy atom. The first kappa shape index (κ1) is 11.0. The van der Waals surface area contributed by atoms with Crippen molar-refractivity contribution in [3.63, 3.8) is 0 Å². The van der Waals surface area contributed by atoms with Crippen LogP contribution in [0.5, 0.6) is 0 Å². The molecular weight excluding hydrogens is 218 g/mol. The molecule has 1 N–H and O–H groups in total. The smallest absolute Gasteiger partial charge is 0.248 e. The third kappa shape index (κ3) is 2.55. The second-order valence-corrected chi connectivity index (χ2v) is 4.05. The summed E-state index contributed by atoms with van der Waals surface area (Å²) in [5.74, 6) is 0.851. The first-order valence-corrected chi connectivity index (χ1v) is 5.83. The van der Waals surface area contributed by atoms with Gasteiger partial charge in [0.05, 0.1) is 0 Å². The van der Waals surface area contributed by atoms with Gasteiger partial charge in [-0.25, -0.2) is 0 Å². The zero-order valence-corrected chi connectivity index (χ0v) is 9.71. The number of aromatic nitrogens is 1. The first-order chi connectivity index (χ1) is 7.79. The number of thiol groups is 1. The van der Waals surface area contributed by atoms with Crippen molar-refractivity contribution in [3.8, 4) is 0 Å². The van der Waals surface area contributed by atoms with Crippen LogP contribution in [0.15, 0.2) is 41.3 Å². The minimum absolute atomic E-state index is 0.0658. The maximum atomic E-state index is 11.2. The molecule has 0 aliphatic heterocycles. The topological polar surface area (TPSA) is 32.9 Å². The third-order valence-electron chi connectivity index (χ3n) is 2.37. The van der Waals surface area contributed by atoms with Crippen molar-refractivity contribution in [1.82, 2.24) is 4.98 Å². The van der Waals surface area contributed by atoms with Gasteiger partial charge in [0.2, 0.25) is 5.56 Å². The summed E-state index contributed by atoms with van der Waals surface area (Å²) in [6.45, 7) is 0. The molecule has 82 valence electrons. The normalized spacial score (nSPS) is 11.3. The van der Waals surface area contributed by atoms with Gasteiger partial charge in [0.15, 0.2) is 0 Å². The van der Waals surface area contributed by atoms with Crippen LogP contribution < -0.4 is 5.56 Å². The highest BCUT2D eigenvalue weighted by Crippen LogP contribution is 2.14. The quantitative estimate of drug-likeness (QED) is 0.782. The molecule has 0 saturated carbocycles. The molecule has 1 aromatic heterocycles. The highest BCUT2D eigenvalue weighted by molar-refractivity contribution is 7.80. The average molecular weight is 231 g/mol. The SMILES string of the molecule is O=c1cc2cc(C=CCCS)ccc2c[nH]1. The third-order valence-corrected chi connectivity index (χ3v) is 2.63. The summed E-state index contributed by atoms with van der Waals surface area (Å²) >= 11 is 4.14. The van der Waals surface area contributed by atoms with Crippen LogP contribution in [0.2, 0.25) is 0 Å². The van der Waals surface area contributed by atoms with Gasteiger partial charge in [-0.2, -0.15) is 12.6 Å². The van der Waals surface area contributed by atoms with Crippen LogP contribution in [-0.2, 0) is 0 Å². The van der Waals surface area contributed by atoms with Crippen molar-refractivity contribution in [2.45, 2.75) is 6.42 Å². The molecule has 2 nitrogen and oxygen atoms in total. The van der Waals surface area contributed by atoms with E-state index in [4.69, 9.17) is 0 Å². The lowest BCUT2D eigenvalue weighted by molar-refractivity contribution is 1.26. The Morgan fingerprint density at radius 2 is 2.12 bits per heavy atom. The molecule has 2 rings (SSSR count). The van der Waals surface area contributed by atoms with Gasteiger partial charge in [-0.15, -0.1) is 0 Å². The molecule has 0 aliphatic rings. The van der Waals surface area contributed by atoms with E-state index in [1.165, 1.54) is 0 Å². The van der Waals surface area contributed by atoms with Crippen LogP contribution >= 0.6 is 12.6 Å². The molecule has 0 unspecified atom stereocenters. The van der Waals surface area contributed by atoms with Crippen molar-refractivity contribution < 1.29 is 0 Å². The molecule has 1 heterocycles. The molecule has 0 amide bonds. The molecule has 0 fully saturated rings. The van der Waals surface area contributed by atoms with E-state index in [0.717, 1.165) is 28.5 Å². The number of allylic oxidation sites excluding steroid dienone is 1. The van der Waals surface area contributed by atoms with Crippen LogP contribution in [0.1, 0.15) is 12.0 Å². The lowest BCUT2D eigenvalue weighted by Gasteiger charge is -1.98. The van der Waals surface area contributed by atoms with Gasteiger partial charge in [-0.05, 0) is 34.6 Å². The molecule has 3 heteroatoms. The predicted octanol–water partition coefficient (Wildman–Crippen LogP) is 2.86. The van der Waals surface area contributed by atoms with Gasteiger partial charge in [0, 0.05) is 12.3 Å². The largest absolute Gasteiger partial charge is 0.328 e. The molecule has 2 aromatic rings. The van der Waals surface area contributed by atoms with Gasteiger partial charge in [-0.1, -0.05) is 24.3 Å². The monoisotopic (exact) mass is 231 g/mol. The molecule has 0 bridgehead atoms. The zero-order chi connectivity index (χ0) is 11.4. The lowest BCUT2D eigenvalue weighted by atomic mass is 10.1. The Morgan fingerprint density at radius 3 is 2.94 bits per heavy atom. The Balaban J connectivity index is 2.39. The molecule has 0 saturated heterocycles. The summed E-state index contributed by atoms with van der Waals surface area (Å²) in [7, 11) is 0. The standard InChI is InChI=1S/C13H13NOS/c15-13-8-12-7-10(3-1-2-6-16)4-5-11(12)9-14-13/h1,3-5,7-9,16H,2,6H2,(H,14,15). The van der Waals surface area contributed by atoms with Crippen LogP contribution in [-0.4, -0.2) is 10.7 Å². The van der Waals surface area contributed by atoms with Crippen LogP contribution in [0.3, 0.4) is 0 Å². The van der Waals surface area contributed by atoms with Crippen LogP contribution in [0, 0.1) is 0 Å². The summed E-state index contributed by atoms with van der Waals surface area (Å²) in [6.07, 6.45) is 6.83. The fourth-order valence-corrected chi connectivity index (χ4v) is 1.73. The number of benzene rings is 1.